The lowest BCUT2D eigenvalue weighted by Crippen LogP contribution is -2.23. The Bertz CT molecular complexity index is 352. The van der Waals surface area contributed by atoms with Crippen molar-refractivity contribution < 1.29 is 0 Å². The van der Waals surface area contributed by atoms with Crippen LogP contribution in [0.5, 0.6) is 0 Å². The summed E-state index contributed by atoms with van der Waals surface area (Å²) in [5.74, 6) is 0.643. The van der Waals surface area contributed by atoms with Gasteiger partial charge in [-0.1, -0.05) is 44.2 Å². The van der Waals surface area contributed by atoms with Gasteiger partial charge in [-0.3, -0.25) is 0 Å². The summed E-state index contributed by atoms with van der Waals surface area (Å²) in [7, 11) is 0. The van der Waals surface area contributed by atoms with Gasteiger partial charge in [0.1, 0.15) is 0 Å². The number of para-hydroxylation sites is 1. The second-order valence-electron chi connectivity index (χ2n) is 4.58. The lowest BCUT2D eigenvalue weighted by Gasteiger charge is -2.24. The van der Waals surface area contributed by atoms with E-state index in [1.54, 1.807) is 0 Å². The lowest BCUT2D eigenvalue weighted by atomic mass is 9.97. The van der Waals surface area contributed by atoms with Crippen LogP contribution in [0.2, 0.25) is 0 Å². The minimum absolute atomic E-state index is 0.516. The fourth-order valence-electron chi connectivity index (χ4n) is 1.96. The smallest absolute Gasteiger partial charge is 0.0447 e. The van der Waals surface area contributed by atoms with Crippen LogP contribution in [0.3, 0.4) is 0 Å². The number of rotatable bonds is 2. The molecule has 0 saturated carbocycles. The first-order chi connectivity index (χ1) is 7.25. The van der Waals surface area contributed by atoms with Crippen LogP contribution in [0.4, 0.5) is 5.69 Å². The molecular weight excluding hydrogens is 182 g/mol. The van der Waals surface area contributed by atoms with Crippen molar-refractivity contribution in [2.75, 3.05) is 5.32 Å². The van der Waals surface area contributed by atoms with Gasteiger partial charge in [-0.2, -0.15) is 0 Å². The standard InChI is InChI=1S/C14H19N/c1-11(2)7-9-13-10-8-12-5-3-4-6-14(12)15-13/h3-7,9,11,13,15H,8,10H2,1-2H3/b9-7-. The Balaban J connectivity index is 2.06. The molecule has 0 spiro atoms. The Morgan fingerprint density at radius 2 is 2.13 bits per heavy atom. The Morgan fingerprint density at radius 3 is 2.93 bits per heavy atom. The maximum Gasteiger partial charge on any atom is 0.0447 e. The van der Waals surface area contributed by atoms with E-state index in [0.29, 0.717) is 12.0 Å². The molecule has 1 aliphatic heterocycles. The monoisotopic (exact) mass is 201 g/mol. The van der Waals surface area contributed by atoms with Crippen LogP contribution in [0, 0.1) is 5.92 Å². The topological polar surface area (TPSA) is 12.0 Å². The fourth-order valence-corrected chi connectivity index (χ4v) is 1.96. The van der Waals surface area contributed by atoms with Crippen LogP contribution >= 0.6 is 0 Å². The molecule has 0 saturated heterocycles. The number of nitrogens with one attached hydrogen (secondary N) is 1. The summed E-state index contributed by atoms with van der Waals surface area (Å²) >= 11 is 0. The highest BCUT2D eigenvalue weighted by Crippen LogP contribution is 2.24. The van der Waals surface area contributed by atoms with Gasteiger partial charge in [-0.25, -0.2) is 0 Å². The highest BCUT2D eigenvalue weighted by molar-refractivity contribution is 5.54. The molecule has 15 heavy (non-hydrogen) atoms. The van der Waals surface area contributed by atoms with Crippen LogP contribution in [-0.2, 0) is 6.42 Å². The van der Waals surface area contributed by atoms with Crippen molar-refractivity contribution in [1.29, 1.82) is 0 Å². The number of fused-ring (bicyclic) bond motifs is 1. The second kappa shape index (κ2) is 4.52. The summed E-state index contributed by atoms with van der Waals surface area (Å²) in [6.07, 6.45) is 6.99. The number of hydrogen-bond acceptors (Lipinski definition) is 1. The molecule has 0 aromatic heterocycles. The summed E-state index contributed by atoms with van der Waals surface area (Å²) < 4.78 is 0. The summed E-state index contributed by atoms with van der Waals surface area (Å²) in [6, 6.07) is 9.11. The number of allylic oxidation sites excluding steroid dienone is 1. The molecule has 1 atom stereocenters. The average molecular weight is 201 g/mol. The SMILES string of the molecule is CC(C)/C=C\C1CCc2ccccc2N1. The van der Waals surface area contributed by atoms with Crippen molar-refractivity contribution in [3.05, 3.63) is 42.0 Å². The van der Waals surface area contributed by atoms with Crippen LogP contribution in [0.1, 0.15) is 25.8 Å². The first kappa shape index (κ1) is 10.3. The highest BCUT2D eigenvalue weighted by atomic mass is 14.9. The fraction of sp³-hybridized carbons (Fsp3) is 0.429. The van der Waals surface area contributed by atoms with Crippen molar-refractivity contribution in [3.63, 3.8) is 0 Å². The largest absolute Gasteiger partial charge is 0.379 e. The molecule has 1 unspecified atom stereocenters. The van der Waals surface area contributed by atoms with Crippen LogP contribution in [0.15, 0.2) is 36.4 Å². The Kier molecular flexibility index (Phi) is 3.10. The van der Waals surface area contributed by atoms with Gasteiger partial charge in [0.25, 0.3) is 0 Å². The lowest BCUT2D eigenvalue weighted by molar-refractivity contribution is 0.719. The van der Waals surface area contributed by atoms with Gasteiger partial charge in [-0.05, 0) is 30.4 Å². The van der Waals surface area contributed by atoms with Gasteiger partial charge < -0.3 is 5.32 Å². The molecule has 1 N–H and O–H groups in total. The van der Waals surface area contributed by atoms with E-state index >= 15 is 0 Å². The third kappa shape index (κ3) is 2.62. The van der Waals surface area contributed by atoms with E-state index in [1.165, 1.54) is 24.1 Å². The zero-order valence-corrected chi connectivity index (χ0v) is 9.53. The molecule has 1 heterocycles. The zero-order valence-electron chi connectivity index (χ0n) is 9.53. The van der Waals surface area contributed by atoms with E-state index in [2.05, 4.69) is 55.6 Å². The average Bonchev–Trinajstić information content (AvgIpc) is 2.26. The van der Waals surface area contributed by atoms with Crippen LogP contribution in [0.25, 0.3) is 0 Å². The molecule has 0 bridgehead atoms. The van der Waals surface area contributed by atoms with Crippen LogP contribution < -0.4 is 5.32 Å². The number of aryl methyl sites for hydroxylation is 1. The minimum atomic E-state index is 0.516. The van der Waals surface area contributed by atoms with Crippen LogP contribution in [-0.4, -0.2) is 6.04 Å². The molecular formula is C14H19N. The molecule has 1 nitrogen and oxygen atoms in total. The first-order valence-electron chi connectivity index (χ1n) is 5.78. The Morgan fingerprint density at radius 1 is 1.33 bits per heavy atom. The molecule has 0 amide bonds. The second-order valence-corrected chi connectivity index (χ2v) is 4.58. The van der Waals surface area contributed by atoms with Gasteiger partial charge in [0.05, 0.1) is 0 Å². The zero-order chi connectivity index (χ0) is 10.7. The van der Waals surface area contributed by atoms with Gasteiger partial charge >= 0.3 is 0 Å². The molecule has 0 aliphatic carbocycles. The third-order valence-electron chi connectivity index (χ3n) is 2.81. The van der Waals surface area contributed by atoms with Gasteiger partial charge in [0.2, 0.25) is 0 Å². The maximum absolute atomic E-state index is 3.57. The molecule has 0 radical (unpaired) electrons. The van der Waals surface area contributed by atoms with Crippen molar-refractivity contribution >= 4 is 5.69 Å². The van der Waals surface area contributed by atoms with Crippen molar-refractivity contribution in [2.45, 2.75) is 32.7 Å². The molecule has 2 rings (SSSR count). The Hall–Kier alpha value is -1.24. The van der Waals surface area contributed by atoms with E-state index < -0.39 is 0 Å². The summed E-state index contributed by atoms with van der Waals surface area (Å²) in [4.78, 5) is 0. The molecule has 80 valence electrons. The highest BCUT2D eigenvalue weighted by Gasteiger charge is 2.14. The summed E-state index contributed by atoms with van der Waals surface area (Å²) in [5, 5.41) is 3.57. The molecule has 1 aromatic carbocycles. The number of hydrogen-bond donors (Lipinski definition) is 1. The van der Waals surface area contributed by atoms with Gasteiger partial charge in [0, 0.05) is 11.7 Å². The normalized spacial score (nSPS) is 20.3. The van der Waals surface area contributed by atoms with E-state index in [1.807, 2.05) is 0 Å². The molecule has 1 heteroatoms. The quantitative estimate of drug-likeness (QED) is 0.720. The summed E-state index contributed by atoms with van der Waals surface area (Å²) in [5.41, 5.74) is 2.76. The Labute approximate surface area is 92.2 Å². The van der Waals surface area contributed by atoms with Crippen molar-refractivity contribution in [1.82, 2.24) is 0 Å². The summed E-state index contributed by atoms with van der Waals surface area (Å²) in [6.45, 7) is 4.43. The van der Waals surface area contributed by atoms with Gasteiger partial charge in [0.15, 0.2) is 0 Å². The van der Waals surface area contributed by atoms with Crippen molar-refractivity contribution in [2.24, 2.45) is 5.92 Å². The predicted octanol–water partition coefficient (Wildman–Crippen LogP) is 3.63. The van der Waals surface area contributed by atoms with E-state index in [4.69, 9.17) is 0 Å². The third-order valence-corrected chi connectivity index (χ3v) is 2.81. The van der Waals surface area contributed by atoms with Gasteiger partial charge in [-0.15, -0.1) is 0 Å². The molecule has 1 aromatic rings. The number of anilines is 1. The van der Waals surface area contributed by atoms with Crippen molar-refractivity contribution in [3.8, 4) is 0 Å². The maximum atomic E-state index is 3.57. The number of benzene rings is 1. The van der Waals surface area contributed by atoms with E-state index in [9.17, 15) is 0 Å². The predicted molar refractivity (Wildman–Crippen MR) is 66.2 cm³/mol. The van der Waals surface area contributed by atoms with E-state index in [-0.39, 0.29) is 0 Å². The first-order valence-corrected chi connectivity index (χ1v) is 5.78. The molecule has 0 fully saturated rings. The minimum Gasteiger partial charge on any atom is -0.379 e. The molecule has 1 aliphatic rings. The van der Waals surface area contributed by atoms with E-state index in [0.717, 1.165) is 0 Å².